The van der Waals surface area contributed by atoms with Crippen molar-refractivity contribution in [3.8, 4) is 0 Å². The maximum absolute atomic E-state index is 12.2. The van der Waals surface area contributed by atoms with Crippen LogP contribution in [0.1, 0.15) is 17.7 Å². The molecule has 0 amide bonds. The number of rotatable bonds is 3. The number of aryl methyl sites for hydroxylation is 1. The lowest BCUT2D eigenvalue weighted by Crippen LogP contribution is -2.02. The Morgan fingerprint density at radius 1 is 1.77 bits per heavy atom. The van der Waals surface area contributed by atoms with Gasteiger partial charge < -0.3 is 5.11 Å². The van der Waals surface area contributed by atoms with E-state index in [9.17, 15) is 13.6 Å². The number of aromatic nitrogens is 2. The molecule has 0 atom stereocenters. The van der Waals surface area contributed by atoms with Gasteiger partial charge in [0.25, 0.3) is 6.43 Å². The van der Waals surface area contributed by atoms with Crippen molar-refractivity contribution in [2.75, 3.05) is 0 Å². The predicted octanol–water partition coefficient (Wildman–Crippen LogP) is 0.985. The van der Waals surface area contributed by atoms with Crippen LogP contribution in [0.4, 0.5) is 8.78 Å². The molecule has 0 unspecified atom stereocenters. The lowest BCUT2D eigenvalue weighted by molar-refractivity contribution is -0.136. The van der Waals surface area contributed by atoms with E-state index in [0.717, 1.165) is 0 Å². The van der Waals surface area contributed by atoms with Crippen molar-refractivity contribution in [2.24, 2.45) is 7.05 Å². The minimum Gasteiger partial charge on any atom is -0.481 e. The second-order valence-corrected chi connectivity index (χ2v) is 2.58. The van der Waals surface area contributed by atoms with Crippen molar-refractivity contribution in [3.63, 3.8) is 0 Å². The van der Waals surface area contributed by atoms with Crippen LogP contribution in [0.5, 0.6) is 0 Å². The van der Waals surface area contributed by atoms with E-state index in [0.29, 0.717) is 0 Å². The highest BCUT2D eigenvalue weighted by molar-refractivity contribution is 5.70. The fourth-order valence-corrected chi connectivity index (χ4v) is 1.04. The molecule has 1 aromatic rings. The van der Waals surface area contributed by atoms with Crippen molar-refractivity contribution in [3.05, 3.63) is 17.5 Å². The van der Waals surface area contributed by atoms with Crippen molar-refractivity contribution in [1.29, 1.82) is 0 Å². The van der Waals surface area contributed by atoms with Crippen LogP contribution in [-0.4, -0.2) is 20.9 Å². The molecule has 4 nitrogen and oxygen atoms in total. The summed E-state index contributed by atoms with van der Waals surface area (Å²) in [5, 5.41) is 11.9. The molecule has 0 saturated carbocycles. The van der Waals surface area contributed by atoms with Gasteiger partial charge in [-0.2, -0.15) is 5.10 Å². The molecule has 0 fully saturated rings. The first kappa shape index (κ1) is 9.63. The fraction of sp³-hybridized carbons (Fsp3) is 0.429. The number of alkyl halides is 2. The van der Waals surface area contributed by atoms with E-state index >= 15 is 0 Å². The zero-order chi connectivity index (χ0) is 10.0. The second-order valence-electron chi connectivity index (χ2n) is 2.58. The number of aliphatic carboxylic acids is 1. The van der Waals surface area contributed by atoms with Crippen molar-refractivity contribution in [1.82, 2.24) is 9.78 Å². The normalized spacial score (nSPS) is 10.8. The third-order valence-corrected chi connectivity index (χ3v) is 1.49. The molecule has 1 N–H and O–H groups in total. The van der Waals surface area contributed by atoms with Crippen LogP contribution in [0.25, 0.3) is 0 Å². The van der Waals surface area contributed by atoms with Gasteiger partial charge in [0, 0.05) is 18.8 Å². The van der Waals surface area contributed by atoms with Gasteiger partial charge in [-0.05, 0) is 0 Å². The summed E-state index contributed by atoms with van der Waals surface area (Å²) in [6.07, 6.45) is -1.86. The average molecular weight is 190 g/mol. The molecule has 6 heteroatoms. The SMILES string of the molecule is Cn1cc(CC(=O)O)c(C(F)F)n1. The number of carboxylic acids is 1. The molecule has 1 rings (SSSR count). The molecule has 13 heavy (non-hydrogen) atoms. The molecule has 0 aliphatic carbocycles. The molecule has 0 bridgehead atoms. The van der Waals surface area contributed by atoms with E-state index in [-0.39, 0.29) is 5.56 Å². The third kappa shape index (κ3) is 2.24. The molecule has 72 valence electrons. The standard InChI is InChI=1S/C7H8F2N2O2/c1-11-3-4(2-5(12)13)6(10-11)7(8)9/h3,7H,2H2,1H3,(H,12,13). The van der Waals surface area contributed by atoms with Gasteiger partial charge in [0.15, 0.2) is 0 Å². The number of carbonyl (C=O) groups is 1. The summed E-state index contributed by atoms with van der Waals surface area (Å²) < 4.78 is 25.6. The third-order valence-electron chi connectivity index (χ3n) is 1.49. The number of hydrogen-bond acceptors (Lipinski definition) is 2. The number of halogens is 2. The van der Waals surface area contributed by atoms with Gasteiger partial charge in [0.1, 0.15) is 5.69 Å². The van der Waals surface area contributed by atoms with Crippen LogP contribution in [0.2, 0.25) is 0 Å². The minimum absolute atomic E-state index is 0.0602. The lowest BCUT2D eigenvalue weighted by atomic mass is 10.2. The van der Waals surface area contributed by atoms with Crippen LogP contribution in [0.15, 0.2) is 6.20 Å². The summed E-state index contributed by atoms with van der Waals surface area (Å²) in [6.45, 7) is 0. The van der Waals surface area contributed by atoms with Crippen molar-refractivity contribution < 1.29 is 18.7 Å². The average Bonchev–Trinajstić information content (AvgIpc) is 2.29. The highest BCUT2D eigenvalue weighted by Gasteiger charge is 2.18. The Morgan fingerprint density at radius 2 is 2.38 bits per heavy atom. The summed E-state index contributed by atoms with van der Waals surface area (Å²) in [6, 6.07) is 0. The van der Waals surface area contributed by atoms with E-state index in [1.807, 2.05) is 0 Å². The summed E-state index contributed by atoms with van der Waals surface area (Å²) in [4.78, 5) is 10.3. The van der Waals surface area contributed by atoms with E-state index in [2.05, 4.69) is 5.10 Å². The fourth-order valence-electron chi connectivity index (χ4n) is 1.04. The Balaban J connectivity index is 2.97. The highest BCUT2D eigenvalue weighted by Crippen LogP contribution is 2.21. The molecule has 0 saturated heterocycles. The molecule has 0 aromatic carbocycles. The maximum Gasteiger partial charge on any atom is 0.307 e. The summed E-state index contributed by atoms with van der Waals surface area (Å²) >= 11 is 0. The Labute approximate surface area is 72.8 Å². The van der Waals surface area contributed by atoms with Crippen LogP contribution < -0.4 is 0 Å². The quantitative estimate of drug-likeness (QED) is 0.773. The highest BCUT2D eigenvalue weighted by atomic mass is 19.3. The molecule has 0 radical (unpaired) electrons. The van der Waals surface area contributed by atoms with Gasteiger partial charge in [0.05, 0.1) is 6.42 Å². The Hall–Kier alpha value is -1.46. The van der Waals surface area contributed by atoms with Crippen LogP contribution >= 0.6 is 0 Å². The largest absolute Gasteiger partial charge is 0.481 e. The molecular weight excluding hydrogens is 182 g/mol. The van der Waals surface area contributed by atoms with Crippen molar-refractivity contribution >= 4 is 5.97 Å². The van der Waals surface area contributed by atoms with Crippen LogP contribution in [-0.2, 0) is 18.3 Å². The van der Waals surface area contributed by atoms with Gasteiger partial charge in [-0.15, -0.1) is 0 Å². The first-order valence-electron chi connectivity index (χ1n) is 3.53. The van der Waals surface area contributed by atoms with Crippen molar-refractivity contribution in [2.45, 2.75) is 12.8 Å². The van der Waals surface area contributed by atoms with Gasteiger partial charge in [-0.25, -0.2) is 8.78 Å². The molecule has 1 aromatic heterocycles. The lowest BCUT2D eigenvalue weighted by Gasteiger charge is -1.96. The molecule has 0 aliphatic heterocycles. The number of carboxylic acid groups (broad SMARTS) is 1. The smallest absolute Gasteiger partial charge is 0.307 e. The number of nitrogens with zero attached hydrogens (tertiary/aromatic N) is 2. The monoisotopic (exact) mass is 190 g/mol. The zero-order valence-electron chi connectivity index (χ0n) is 6.87. The Morgan fingerprint density at radius 3 is 2.85 bits per heavy atom. The topological polar surface area (TPSA) is 55.1 Å². The van der Waals surface area contributed by atoms with Gasteiger partial charge in [-0.3, -0.25) is 9.48 Å². The maximum atomic E-state index is 12.2. The molecule has 1 heterocycles. The van der Waals surface area contributed by atoms with Gasteiger partial charge in [0.2, 0.25) is 0 Å². The Bertz CT molecular complexity index is 322. The van der Waals surface area contributed by atoms with Crippen LogP contribution in [0.3, 0.4) is 0 Å². The predicted molar refractivity (Wildman–Crippen MR) is 39.5 cm³/mol. The summed E-state index contributed by atoms with van der Waals surface area (Å²) in [5.74, 6) is -1.14. The van der Waals surface area contributed by atoms with E-state index in [4.69, 9.17) is 5.11 Å². The molecule has 0 aliphatic rings. The van der Waals surface area contributed by atoms with Gasteiger partial charge >= 0.3 is 5.97 Å². The molecule has 0 spiro atoms. The minimum atomic E-state index is -2.73. The van der Waals surface area contributed by atoms with E-state index < -0.39 is 24.5 Å². The van der Waals surface area contributed by atoms with E-state index in [1.54, 1.807) is 0 Å². The van der Waals surface area contributed by atoms with E-state index in [1.165, 1.54) is 17.9 Å². The summed E-state index contributed by atoms with van der Waals surface area (Å²) in [7, 11) is 1.47. The summed E-state index contributed by atoms with van der Waals surface area (Å²) in [5.41, 5.74) is -0.394. The Kier molecular flexibility index (Phi) is 2.60. The zero-order valence-corrected chi connectivity index (χ0v) is 6.87. The number of hydrogen-bond donors (Lipinski definition) is 1. The van der Waals surface area contributed by atoms with Crippen LogP contribution in [0, 0.1) is 0 Å². The molecular formula is C7H8F2N2O2. The first-order valence-corrected chi connectivity index (χ1v) is 3.53. The van der Waals surface area contributed by atoms with Gasteiger partial charge in [-0.1, -0.05) is 0 Å². The second kappa shape index (κ2) is 3.51. The first-order chi connectivity index (χ1) is 6.00.